The summed E-state index contributed by atoms with van der Waals surface area (Å²) in [6.07, 6.45) is 4.79. The molecule has 0 unspecified atom stereocenters. The number of aromatic nitrogens is 2. The van der Waals surface area contributed by atoms with E-state index in [1.807, 2.05) is 23.4 Å². The fourth-order valence-corrected chi connectivity index (χ4v) is 2.51. The van der Waals surface area contributed by atoms with E-state index in [-0.39, 0.29) is 5.91 Å². The quantitative estimate of drug-likeness (QED) is 0.761. The van der Waals surface area contributed by atoms with Crippen LogP contribution in [-0.2, 0) is 6.54 Å². The number of amides is 1. The normalized spacial score (nSPS) is 11.1. The van der Waals surface area contributed by atoms with Gasteiger partial charge in [0.15, 0.2) is 0 Å². The minimum atomic E-state index is 0.0981. The largest absolute Gasteiger partial charge is 0.339 e. The molecular formula is C16H30N4O. The summed E-state index contributed by atoms with van der Waals surface area (Å²) in [5.41, 5.74) is 7.20. The summed E-state index contributed by atoms with van der Waals surface area (Å²) in [7, 11) is 0. The van der Waals surface area contributed by atoms with Crippen LogP contribution in [0, 0.1) is 12.8 Å². The molecule has 0 spiro atoms. The minimum Gasteiger partial charge on any atom is -0.339 e. The van der Waals surface area contributed by atoms with Gasteiger partial charge in [-0.1, -0.05) is 26.7 Å². The van der Waals surface area contributed by atoms with E-state index < -0.39 is 0 Å². The summed E-state index contributed by atoms with van der Waals surface area (Å²) in [4.78, 5) is 14.6. The Bertz CT molecular complexity index is 437. The molecule has 2 N–H and O–H groups in total. The van der Waals surface area contributed by atoms with Crippen molar-refractivity contribution in [3.63, 3.8) is 0 Å². The predicted molar refractivity (Wildman–Crippen MR) is 86.3 cm³/mol. The number of aryl methyl sites for hydroxylation is 1. The van der Waals surface area contributed by atoms with Crippen molar-refractivity contribution in [3.05, 3.63) is 17.5 Å². The molecule has 5 nitrogen and oxygen atoms in total. The summed E-state index contributed by atoms with van der Waals surface area (Å²) < 4.78 is 1.88. The van der Waals surface area contributed by atoms with Gasteiger partial charge in [0.05, 0.1) is 11.8 Å². The Hall–Kier alpha value is -1.36. The number of carbonyl (C=O) groups excluding carboxylic acids is 1. The maximum absolute atomic E-state index is 12.7. The highest BCUT2D eigenvalue weighted by molar-refractivity contribution is 5.95. The van der Waals surface area contributed by atoms with Crippen molar-refractivity contribution in [1.29, 1.82) is 0 Å². The fraction of sp³-hybridized carbons (Fsp3) is 0.750. The van der Waals surface area contributed by atoms with Gasteiger partial charge in [0, 0.05) is 25.3 Å². The minimum absolute atomic E-state index is 0.0981. The van der Waals surface area contributed by atoms with Crippen LogP contribution in [0.2, 0.25) is 0 Å². The van der Waals surface area contributed by atoms with E-state index in [1.165, 1.54) is 0 Å². The van der Waals surface area contributed by atoms with Gasteiger partial charge in [-0.3, -0.25) is 9.48 Å². The van der Waals surface area contributed by atoms with Gasteiger partial charge in [-0.15, -0.1) is 0 Å². The number of nitrogens with two attached hydrogens (primary N) is 1. The van der Waals surface area contributed by atoms with Crippen LogP contribution in [0.3, 0.4) is 0 Å². The number of nitrogens with zero attached hydrogens (tertiary/aromatic N) is 3. The zero-order valence-electron chi connectivity index (χ0n) is 13.9. The first kappa shape index (κ1) is 17.7. The van der Waals surface area contributed by atoms with Crippen LogP contribution in [0.1, 0.15) is 56.1 Å². The molecule has 0 aliphatic carbocycles. The van der Waals surface area contributed by atoms with Crippen molar-refractivity contribution in [3.8, 4) is 0 Å². The fourth-order valence-electron chi connectivity index (χ4n) is 2.51. The molecule has 1 aromatic rings. The number of rotatable bonds is 9. The van der Waals surface area contributed by atoms with Crippen LogP contribution in [0.25, 0.3) is 0 Å². The van der Waals surface area contributed by atoms with Crippen molar-refractivity contribution >= 4 is 5.91 Å². The zero-order chi connectivity index (χ0) is 15.8. The van der Waals surface area contributed by atoms with Gasteiger partial charge >= 0.3 is 0 Å². The molecule has 1 aromatic heterocycles. The Labute approximate surface area is 128 Å². The lowest BCUT2D eigenvalue weighted by Crippen LogP contribution is -2.35. The maximum atomic E-state index is 12.7. The molecule has 21 heavy (non-hydrogen) atoms. The molecule has 0 saturated heterocycles. The second kappa shape index (κ2) is 8.82. The van der Waals surface area contributed by atoms with Crippen LogP contribution in [0.4, 0.5) is 0 Å². The van der Waals surface area contributed by atoms with Crippen molar-refractivity contribution in [2.75, 3.05) is 19.6 Å². The zero-order valence-corrected chi connectivity index (χ0v) is 13.9. The third-order valence-electron chi connectivity index (χ3n) is 4.21. The van der Waals surface area contributed by atoms with E-state index in [1.54, 1.807) is 6.20 Å². The third kappa shape index (κ3) is 4.56. The SMILES string of the molecule is CCC(CC)CN(CC)C(=O)c1cnn(CCCN)c1C. The van der Waals surface area contributed by atoms with Crippen molar-refractivity contribution in [2.45, 2.75) is 53.5 Å². The van der Waals surface area contributed by atoms with E-state index in [0.717, 1.165) is 50.2 Å². The van der Waals surface area contributed by atoms with Crippen molar-refractivity contribution in [2.24, 2.45) is 11.7 Å². The van der Waals surface area contributed by atoms with Gasteiger partial charge in [0.1, 0.15) is 0 Å². The van der Waals surface area contributed by atoms with E-state index in [2.05, 4.69) is 18.9 Å². The molecule has 0 fully saturated rings. The van der Waals surface area contributed by atoms with E-state index in [4.69, 9.17) is 5.73 Å². The second-order valence-electron chi connectivity index (χ2n) is 5.54. The molecular weight excluding hydrogens is 264 g/mol. The van der Waals surface area contributed by atoms with Crippen molar-refractivity contribution in [1.82, 2.24) is 14.7 Å². The maximum Gasteiger partial charge on any atom is 0.257 e. The van der Waals surface area contributed by atoms with Gasteiger partial charge in [-0.25, -0.2) is 0 Å². The first-order chi connectivity index (χ1) is 10.1. The predicted octanol–water partition coefficient (Wildman–Crippen LogP) is 2.44. The molecule has 0 aliphatic heterocycles. The van der Waals surface area contributed by atoms with Gasteiger partial charge in [-0.2, -0.15) is 5.10 Å². The smallest absolute Gasteiger partial charge is 0.257 e. The van der Waals surface area contributed by atoms with Crippen LogP contribution >= 0.6 is 0 Å². The molecule has 1 amide bonds. The Morgan fingerprint density at radius 2 is 2.05 bits per heavy atom. The molecule has 1 rings (SSSR count). The van der Waals surface area contributed by atoms with Crippen LogP contribution in [0.15, 0.2) is 6.20 Å². The average Bonchev–Trinajstić information content (AvgIpc) is 2.87. The standard InChI is InChI=1S/C16H30N4O/c1-5-14(6-2)12-19(7-3)16(21)15-11-18-20(13(15)4)10-8-9-17/h11,14H,5-10,12,17H2,1-4H3. The highest BCUT2D eigenvalue weighted by atomic mass is 16.2. The molecule has 0 bridgehead atoms. The van der Waals surface area contributed by atoms with Gasteiger partial charge in [-0.05, 0) is 32.7 Å². The molecule has 0 aliphatic rings. The lowest BCUT2D eigenvalue weighted by Gasteiger charge is -2.25. The van der Waals surface area contributed by atoms with Gasteiger partial charge < -0.3 is 10.6 Å². The van der Waals surface area contributed by atoms with Gasteiger partial charge in [0.2, 0.25) is 0 Å². The summed E-state index contributed by atoms with van der Waals surface area (Å²) >= 11 is 0. The van der Waals surface area contributed by atoms with Crippen molar-refractivity contribution < 1.29 is 4.79 Å². The topological polar surface area (TPSA) is 64.2 Å². The number of hydrogen-bond donors (Lipinski definition) is 1. The Morgan fingerprint density at radius 1 is 1.38 bits per heavy atom. The monoisotopic (exact) mass is 294 g/mol. The van der Waals surface area contributed by atoms with Crippen LogP contribution in [0.5, 0.6) is 0 Å². The Morgan fingerprint density at radius 3 is 2.57 bits per heavy atom. The third-order valence-corrected chi connectivity index (χ3v) is 4.21. The molecule has 1 heterocycles. The van der Waals surface area contributed by atoms with E-state index in [0.29, 0.717) is 12.5 Å². The molecule has 5 heteroatoms. The summed E-state index contributed by atoms with van der Waals surface area (Å²) in [6, 6.07) is 0. The lowest BCUT2D eigenvalue weighted by molar-refractivity contribution is 0.0734. The highest BCUT2D eigenvalue weighted by Crippen LogP contribution is 2.15. The number of carbonyl (C=O) groups is 1. The molecule has 120 valence electrons. The number of hydrogen-bond acceptors (Lipinski definition) is 3. The van der Waals surface area contributed by atoms with E-state index in [9.17, 15) is 4.79 Å². The summed E-state index contributed by atoms with van der Waals surface area (Å²) in [5.74, 6) is 0.669. The first-order valence-electron chi connectivity index (χ1n) is 8.10. The van der Waals surface area contributed by atoms with Crippen LogP contribution in [-0.4, -0.2) is 40.2 Å². The van der Waals surface area contributed by atoms with E-state index >= 15 is 0 Å². The lowest BCUT2D eigenvalue weighted by atomic mass is 10.0. The second-order valence-corrected chi connectivity index (χ2v) is 5.54. The summed E-state index contributed by atoms with van der Waals surface area (Å²) in [6.45, 7) is 11.3. The molecule has 0 aromatic carbocycles. The Kier molecular flexibility index (Phi) is 7.43. The summed E-state index contributed by atoms with van der Waals surface area (Å²) in [5, 5.41) is 4.32. The highest BCUT2D eigenvalue weighted by Gasteiger charge is 2.21. The molecule has 0 radical (unpaired) electrons. The first-order valence-corrected chi connectivity index (χ1v) is 8.10. The molecule has 0 saturated carbocycles. The molecule has 0 atom stereocenters. The Balaban J connectivity index is 2.82. The van der Waals surface area contributed by atoms with Gasteiger partial charge in [0.25, 0.3) is 5.91 Å². The average molecular weight is 294 g/mol. The van der Waals surface area contributed by atoms with Crippen LogP contribution < -0.4 is 5.73 Å².